The molecule has 0 saturated carbocycles. The van der Waals surface area contributed by atoms with Crippen molar-refractivity contribution in [1.82, 2.24) is 14.7 Å². The number of hydrogen-bond donors (Lipinski definition) is 0. The molecule has 27 heavy (non-hydrogen) atoms. The van der Waals surface area contributed by atoms with Crippen LogP contribution in [0.25, 0.3) is 0 Å². The fourth-order valence-electron chi connectivity index (χ4n) is 3.30. The molecule has 6 nitrogen and oxygen atoms in total. The molecule has 1 aromatic carbocycles. The number of halogens is 1. The minimum Gasteiger partial charge on any atom is -0.368 e. The molecule has 1 fully saturated rings. The summed E-state index contributed by atoms with van der Waals surface area (Å²) in [6.45, 7) is 9.09. The van der Waals surface area contributed by atoms with Crippen LogP contribution in [-0.2, 0) is 9.59 Å². The summed E-state index contributed by atoms with van der Waals surface area (Å²) in [5, 5.41) is 0. The van der Waals surface area contributed by atoms with Gasteiger partial charge in [0.05, 0.1) is 6.54 Å². The molecule has 0 spiro atoms. The Morgan fingerprint density at radius 3 is 2.19 bits per heavy atom. The Morgan fingerprint density at radius 2 is 1.63 bits per heavy atom. The zero-order valence-electron chi connectivity index (χ0n) is 16.7. The lowest BCUT2D eigenvalue weighted by Gasteiger charge is -2.36. The van der Waals surface area contributed by atoms with Gasteiger partial charge in [-0.3, -0.25) is 14.5 Å². The van der Waals surface area contributed by atoms with E-state index in [0.29, 0.717) is 45.7 Å². The number of nitrogens with zero attached hydrogens (tertiary/aromatic N) is 4. The van der Waals surface area contributed by atoms with Crippen molar-refractivity contribution in [3.63, 3.8) is 0 Å². The summed E-state index contributed by atoms with van der Waals surface area (Å²) in [5.74, 6) is -0.0186. The molecule has 0 unspecified atom stereocenters. The summed E-state index contributed by atoms with van der Waals surface area (Å²) >= 11 is 0. The predicted octanol–water partition coefficient (Wildman–Crippen LogP) is 1.66. The Hall–Kier alpha value is -2.15. The summed E-state index contributed by atoms with van der Waals surface area (Å²) < 4.78 is 13.0. The van der Waals surface area contributed by atoms with Gasteiger partial charge in [-0.05, 0) is 45.2 Å². The van der Waals surface area contributed by atoms with Crippen LogP contribution in [0.15, 0.2) is 24.3 Å². The second-order valence-electron chi connectivity index (χ2n) is 6.90. The lowest BCUT2D eigenvalue weighted by Crippen LogP contribution is -2.49. The first-order chi connectivity index (χ1) is 12.9. The average molecular weight is 378 g/mol. The quantitative estimate of drug-likeness (QED) is 0.690. The van der Waals surface area contributed by atoms with Crippen molar-refractivity contribution in [3.05, 3.63) is 30.1 Å². The third kappa shape index (κ3) is 6.20. The van der Waals surface area contributed by atoms with E-state index < -0.39 is 0 Å². The molecule has 0 atom stereocenters. The van der Waals surface area contributed by atoms with E-state index in [2.05, 4.69) is 4.90 Å². The molecule has 1 saturated heterocycles. The fourth-order valence-corrected chi connectivity index (χ4v) is 3.30. The van der Waals surface area contributed by atoms with Crippen LogP contribution in [0.1, 0.15) is 20.3 Å². The van der Waals surface area contributed by atoms with Gasteiger partial charge in [-0.25, -0.2) is 4.39 Å². The first-order valence-corrected chi connectivity index (χ1v) is 9.69. The minimum atomic E-state index is -0.240. The molecule has 1 aromatic rings. The van der Waals surface area contributed by atoms with Gasteiger partial charge >= 0.3 is 0 Å². The summed E-state index contributed by atoms with van der Waals surface area (Å²) in [4.78, 5) is 32.3. The highest BCUT2D eigenvalue weighted by Gasteiger charge is 2.22. The van der Waals surface area contributed by atoms with Gasteiger partial charge in [0.25, 0.3) is 0 Å². The van der Waals surface area contributed by atoms with Crippen LogP contribution < -0.4 is 4.90 Å². The van der Waals surface area contributed by atoms with E-state index in [1.54, 1.807) is 17.0 Å². The summed E-state index contributed by atoms with van der Waals surface area (Å²) in [7, 11) is 1.88. The number of carbonyl (C=O) groups is 2. The topological polar surface area (TPSA) is 47.1 Å². The van der Waals surface area contributed by atoms with E-state index >= 15 is 0 Å². The second kappa shape index (κ2) is 10.3. The minimum absolute atomic E-state index is 0.0999. The molecule has 1 aliphatic heterocycles. The maximum atomic E-state index is 13.0. The van der Waals surface area contributed by atoms with E-state index in [9.17, 15) is 14.0 Å². The summed E-state index contributed by atoms with van der Waals surface area (Å²) in [5.41, 5.74) is 0.984. The lowest BCUT2D eigenvalue weighted by atomic mass is 10.2. The second-order valence-corrected chi connectivity index (χ2v) is 6.90. The Labute approximate surface area is 161 Å². The van der Waals surface area contributed by atoms with Crippen LogP contribution in [0.2, 0.25) is 0 Å². The van der Waals surface area contributed by atoms with E-state index in [1.807, 2.05) is 30.7 Å². The van der Waals surface area contributed by atoms with Crippen molar-refractivity contribution in [2.45, 2.75) is 20.3 Å². The molecule has 150 valence electrons. The van der Waals surface area contributed by atoms with E-state index in [4.69, 9.17) is 0 Å². The normalized spacial score (nSPS) is 14.6. The van der Waals surface area contributed by atoms with Gasteiger partial charge < -0.3 is 14.7 Å². The van der Waals surface area contributed by atoms with Crippen LogP contribution in [0.5, 0.6) is 0 Å². The summed E-state index contributed by atoms with van der Waals surface area (Å²) in [6.07, 6.45) is 0.415. The molecule has 0 N–H and O–H groups in total. The van der Waals surface area contributed by atoms with Crippen LogP contribution in [0, 0.1) is 5.82 Å². The van der Waals surface area contributed by atoms with Crippen molar-refractivity contribution >= 4 is 17.5 Å². The van der Waals surface area contributed by atoms with Crippen molar-refractivity contribution in [2.75, 3.05) is 64.3 Å². The van der Waals surface area contributed by atoms with E-state index in [1.165, 1.54) is 12.1 Å². The average Bonchev–Trinajstić information content (AvgIpc) is 2.68. The molecule has 0 aliphatic carbocycles. The van der Waals surface area contributed by atoms with Gasteiger partial charge in [0.2, 0.25) is 11.8 Å². The molecular weight excluding hydrogens is 347 g/mol. The number of rotatable bonds is 8. The third-order valence-corrected chi connectivity index (χ3v) is 5.05. The molecular formula is C20H31FN4O2. The number of benzene rings is 1. The maximum Gasteiger partial charge on any atom is 0.236 e. The highest BCUT2D eigenvalue weighted by molar-refractivity contribution is 5.79. The number of anilines is 1. The monoisotopic (exact) mass is 378 g/mol. The summed E-state index contributed by atoms with van der Waals surface area (Å²) in [6, 6.07) is 6.47. The van der Waals surface area contributed by atoms with Gasteiger partial charge in [-0.15, -0.1) is 0 Å². The lowest BCUT2D eigenvalue weighted by molar-refractivity contribution is -0.134. The number of amides is 2. The standard InChI is InChI=1S/C20H31FN4O2/c1-4-23(5-2)20(27)16-22(3)11-10-19(26)25-14-12-24(13-15-25)18-8-6-17(21)7-9-18/h6-9H,4-5,10-16H2,1-3H3. The highest BCUT2D eigenvalue weighted by atomic mass is 19.1. The Bertz CT molecular complexity index is 611. The van der Waals surface area contributed by atoms with Gasteiger partial charge in [0, 0.05) is 57.9 Å². The van der Waals surface area contributed by atoms with Crippen molar-refractivity contribution in [2.24, 2.45) is 0 Å². The molecule has 7 heteroatoms. The zero-order chi connectivity index (χ0) is 19.8. The number of carbonyl (C=O) groups excluding carboxylic acids is 2. The van der Waals surface area contributed by atoms with Gasteiger partial charge in [0.1, 0.15) is 5.82 Å². The Morgan fingerprint density at radius 1 is 1.04 bits per heavy atom. The Kier molecular flexibility index (Phi) is 8.03. The van der Waals surface area contributed by atoms with Crippen molar-refractivity contribution in [3.8, 4) is 0 Å². The highest BCUT2D eigenvalue weighted by Crippen LogP contribution is 2.17. The van der Waals surface area contributed by atoms with Gasteiger partial charge in [-0.1, -0.05) is 0 Å². The molecule has 1 heterocycles. The third-order valence-electron chi connectivity index (χ3n) is 5.05. The first-order valence-electron chi connectivity index (χ1n) is 9.69. The first kappa shape index (κ1) is 21.2. The smallest absolute Gasteiger partial charge is 0.236 e. The molecule has 0 radical (unpaired) electrons. The van der Waals surface area contributed by atoms with Gasteiger partial charge in [0.15, 0.2) is 0 Å². The molecule has 2 rings (SSSR count). The van der Waals surface area contributed by atoms with Crippen LogP contribution in [0.3, 0.4) is 0 Å². The van der Waals surface area contributed by atoms with Crippen molar-refractivity contribution in [1.29, 1.82) is 0 Å². The SMILES string of the molecule is CCN(CC)C(=O)CN(C)CCC(=O)N1CCN(c2ccc(F)cc2)CC1. The van der Waals surface area contributed by atoms with E-state index in [-0.39, 0.29) is 17.6 Å². The fraction of sp³-hybridized carbons (Fsp3) is 0.600. The molecule has 2 amide bonds. The van der Waals surface area contributed by atoms with Crippen LogP contribution in [-0.4, -0.2) is 85.9 Å². The number of piperazine rings is 1. The molecule has 0 bridgehead atoms. The Balaban J connectivity index is 1.72. The van der Waals surface area contributed by atoms with Crippen LogP contribution in [0.4, 0.5) is 10.1 Å². The molecule has 0 aromatic heterocycles. The van der Waals surface area contributed by atoms with Crippen molar-refractivity contribution < 1.29 is 14.0 Å². The molecule has 1 aliphatic rings. The van der Waals surface area contributed by atoms with Crippen LogP contribution >= 0.6 is 0 Å². The maximum absolute atomic E-state index is 13.0. The zero-order valence-corrected chi connectivity index (χ0v) is 16.7. The number of likely N-dealkylation sites (N-methyl/N-ethyl adjacent to an activating group) is 2. The number of hydrogen-bond acceptors (Lipinski definition) is 4. The van der Waals surface area contributed by atoms with Gasteiger partial charge in [-0.2, -0.15) is 0 Å². The largest absolute Gasteiger partial charge is 0.368 e. The van der Waals surface area contributed by atoms with E-state index in [0.717, 1.165) is 18.8 Å². The predicted molar refractivity (Wildman–Crippen MR) is 105 cm³/mol.